The normalized spacial score (nSPS) is 31.4. The van der Waals surface area contributed by atoms with Crippen LogP contribution >= 0.6 is 0 Å². The molecule has 4 nitrogen and oxygen atoms in total. The maximum atomic E-state index is 11.3. The Balaban J connectivity index is 2.71. The number of aliphatic carboxylic acids is 1. The molecule has 1 rings (SSSR count). The van der Waals surface area contributed by atoms with Crippen LogP contribution < -0.4 is 0 Å². The summed E-state index contributed by atoms with van der Waals surface area (Å²) in [4.78, 5) is 22.2. The Morgan fingerprint density at radius 1 is 1.36 bits per heavy atom. The van der Waals surface area contributed by atoms with Crippen LogP contribution in [0.5, 0.6) is 0 Å². The first-order valence-electron chi connectivity index (χ1n) is 4.90. The maximum Gasteiger partial charge on any atom is 0.309 e. The second-order valence-corrected chi connectivity index (χ2v) is 3.82. The van der Waals surface area contributed by atoms with Crippen LogP contribution in [0, 0.1) is 17.8 Å². The summed E-state index contributed by atoms with van der Waals surface area (Å²) in [6.07, 6.45) is 2.18. The molecule has 1 aliphatic carbocycles. The highest BCUT2D eigenvalue weighted by atomic mass is 16.5. The number of carbonyl (C=O) groups is 2. The quantitative estimate of drug-likeness (QED) is 0.697. The Labute approximate surface area is 83.2 Å². The van der Waals surface area contributed by atoms with Gasteiger partial charge >= 0.3 is 11.9 Å². The fourth-order valence-electron chi connectivity index (χ4n) is 2.16. The molecule has 0 aromatic carbocycles. The molecule has 14 heavy (non-hydrogen) atoms. The highest BCUT2D eigenvalue weighted by molar-refractivity contribution is 5.81. The summed E-state index contributed by atoms with van der Waals surface area (Å²) >= 11 is 0. The van der Waals surface area contributed by atoms with Gasteiger partial charge in [-0.3, -0.25) is 9.59 Å². The molecule has 0 aromatic rings. The molecule has 3 unspecified atom stereocenters. The van der Waals surface area contributed by atoms with E-state index in [2.05, 4.69) is 4.74 Å². The molecule has 0 saturated heterocycles. The number of carboxylic acids is 1. The molecule has 1 saturated carbocycles. The number of methoxy groups -OCH3 is 1. The van der Waals surface area contributed by atoms with E-state index in [1.54, 1.807) is 0 Å². The van der Waals surface area contributed by atoms with Gasteiger partial charge in [0.1, 0.15) is 0 Å². The Bertz CT molecular complexity index is 236. The number of esters is 1. The van der Waals surface area contributed by atoms with E-state index in [4.69, 9.17) is 5.11 Å². The zero-order chi connectivity index (χ0) is 10.7. The smallest absolute Gasteiger partial charge is 0.309 e. The van der Waals surface area contributed by atoms with Crippen LogP contribution in [0.3, 0.4) is 0 Å². The van der Waals surface area contributed by atoms with Crippen LogP contribution in [-0.2, 0) is 14.3 Å². The van der Waals surface area contributed by atoms with Crippen molar-refractivity contribution in [1.29, 1.82) is 0 Å². The van der Waals surface area contributed by atoms with E-state index in [9.17, 15) is 9.59 Å². The SMILES string of the molecule is CCC1CC(C(=O)O)C(C(=O)OC)C1. The molecule has 0 heterocycles. The van der Waals surface area contributed by atoms with Crippen molar-refractivity contribution in [3.8, 4) is 0 Å². The van der Waals surface area contributed by atoms with Gasteiger partial charge in [-0.2, -0.15) is 0 Å². The summed E-state index contributed by atoms with van der Waals surface area (Å²) in [6, 6.07) is 0. The molecule has 4 heteroatoms. The molecule has 1 N–H and O–H groups in total. The predicted molar refractivity (Wildman–Crippen MR) is 49.6 cm³/mol. The standard InChI is InChI=1S/C10H16O4/c1-3-6-4-7(9(11)12)8(5-6)10(13)14-2/h6-8H,3-5H2,1-2H3,(H,11,12). The van der Waals surface area contributed by atoms with Crippen molar-refractivity contribution in [3.05, 3.63) is 0 Å². The molecule has 3 atom stereocenters. The third-order valence-electron chi connectivity index (χ3n) is 3.06. The van der Waals surface area contributed by atoms with Crippen LogP contribution in [0.15, 0.2) is 0 Å². The van der Waals surface area contributed by atoms with Gasteiger partial charge in [-0.15, -0.1) is 0 Å². The lowest BCUT2D eigenvalue weighted by Gasteiger charge is -2.12. The Hall–Kier alpha value is -1.06. The molecule has 0 spiro atoms. The number of carboxylic acid groups (broad SMARTS) is 1. The van der Waals surface area contributed by atoms with Crippen molar-refractivity contribution < 1.29 is 19.4 Å². The van der Waals surface area contributed by atoms with Crippen molar-refractivity contribution in [3.63, 3.8) is 0 Å². The number of rotatable bonds is 3. The van der Waals surface area contributed by atoms with Gasteiger partial charge in [0.25, 0.3) is 0 Å². The van der Waals surface area contributed by atoms with Crippen molar-refractivity contribution in [1.82, 2.24) is 0 Å². The molecule has 0 aliphatic heterocycles. The van der Waals surface area contributed by atoms with Gasteiger partial charge in [-0.05, 0) is 18.8 Å². The second-order valence-electron chi connectivity index (χ2n) is 3.82. The van der Waals surface area contributed by atoms with Gasteiger partial charge in [-0.1, -0.05) is 13.3 Å². The van der Waals surface area contributed by atoms with E-state index >= 15 is 0 Å². The van der Waals surface area contributed by atoms with Gasteiger partial charge in [0, 0.05) is 0 Å². The summed E-state index contributed by atoms with van der Waals surface area (Å²) in [5.74, 6) is -1.90. The third-order valence-corrected chi connectivity index (χ3v) is 3.06. The van der Waals surface area contributed by atoms with Crippen LogP contribution in [-0.4, -0.2) is 24.2 Å². The number of ether oxygens (including phenoxy) is 1. The Morgan fingerprint density at radius 3 is 2.36 bits per heavy atom. The molecule has 0 radical (unpaired) electrons. The highest BCUT2D eigenvalue weighted by Crippen LogP contribution is 2.38. The molecule has 0 bridgehead atoms. The van der Waals surface area contributed by atoms with Crippen LogP contribution in [0.4, 0.5) is 0 Å². The fraction of sp³-hybridized carbons (Fsp3) is 0.800. The summed E-state index contributed by atoms with van der Waals surface area (Å²) in [5.41, 5.74) is 0. The monoisotopic (exact) mass is 200 g/mol. The third kappa shape index (κ3) is 2.05. The molecule has 0 amide bonds. The first-order valence-corrected chi connectivity index (χ1v) is 4.90. The number of carbonyl (C=O) groups excluding carboxylic acids is 1. The van der Waals surface area contributed by atoms with E-state index in [1.807, 2.05) is 6.92 Å². The van der Waals surface area contributed by atoms with Gasteiger partial charge in [-0.25, -0.2) is 0 Å². The van der Waals surface area contributed by atoms with Crippen molar-refractivity contribution in [2.45, 2.75) is 26.2 Å². The van der Waals surface area contributed by atoms with E-state index in [0.29, 0.717) is 18.8 Å². The second kappa shape index (κ2) is 4.44. The summed E-state index contributed by atoms with van der Waals surface area (Å²) in [5, 5.41) is 8.93. The predicted octanol–water partition coefficient (Wildman–Crippen LogP) is 1.30. The first-order chi connectivity index (χ1) is 6.60. The Kier molecular flexibility index (Phi) is 3.49. The van der Waals surface area contributed by atoms with Crippen LogP contribution in [0.2, 0.25) is 0 Å². The topological polar surface area (TPSA) is 63.6 Å². The molecular formula is C10H16O4. The van der Waals surface area contributed by atoms with Gasteiger partial charge in [0.05, 0.1) is 18.9 Å². The lowest BCUT2D eigenvalue weighted by molar-refractivity contribution is -0.154. The summed E-state index contributed by atoms with van der Waals surface area (Å²) in [6.45, 7) is 2.02. The molecule has 1 fully saturated rings. The van der Waals surface area contributed by atoms with Crippen molar-refractivity contribution >= 4 is 11.9 Å². The average molecular weight is 200 g/mol. The zero-order valence-electron chi connectivity index (χ0n) is 8.53. The van der Waals surface area contributed by atoms with Crippen LogP contribution in [0.25, 0.3) is 0 Å². The summed E-state index contributed by atoms with van der Waals surface area (Å²) < 4.78 is 4.61. The number of hydrogen-bond acceptors (Lipinski definition) is 3. The minimum absolute atomic E-state index is 0.347. The molecular weight excluding hydrogens is 184 g/mol. The van der Waals surface area contributed by atoms with E-state index < -0.39 is 17.8 Å². The number of hydrogen-bond donors (Lipinski definition) is 1. The van der Waals surface area contributed by atoms with E-state index in [0.717, 1.165) is 6.42 Å². The molecule has 0 aromatic heterocycles. The minimum Gasteiger partial charge on any atom is -0.481 e. The average Bonchev–Trinajstić information content (AvgIpc) is 2.60. The van der Waals surface area contributed by atoms with E-state index in [1.165, 1.54) is 7.11 Å². The zero-order valence-corrected chi connectivity index (χ0v) is 8.53. The van der Waals surface area contributed by atoms with Crippen LogP contribution in [0.1, 0.15) is 26.2 Å². The largest absolute Gasteiger partial charge is 0.481 e. The van der Waals surface area contributed by atoms with E-state index in [-0.39, 0.29) is 5.97 Å². The lowest BCUT2D eigenvalue weighted by atomic mass is 9.97. The molecule has 1 aliphatic rings. The highest BCUT2D eigenvalue weighted by Gasteiger charge is 2.42. The minimum atomic E-state index is -0.878. The molecule has 80 valence electrons. The summed E-state index contributed by atoms with van der Waals surface area (Å²) in [7, 11) is 1.31. The van der Waals surface area contributed by atoms with Gasteiger partial charge < -0.3 is 9.84 Å². The fourth-order valence-corrected chi connectivity index (χ4v) is 2.16. The first kappa shape index (κ1) is 11.0. The lowest BCUT2D eigenvalue weighted by Crippen LogP contribution is -2.26. The Morgan fingerprint density at radius 2 is 1.93 bits per heavy atom. The van der Waals surface area contributed by atoms with Gasteiger partial charge in [0.15, 0.2) is 0 Å². The van der Waals surface area contributed by atoms with Crippen molar-refractivity contribution in [2.24, 2.45) is 17.8 Å². The van der Waals surface area contributed by atoms with Gasteiger partial charge in [0.2, 0.25) is 0 Å². The maximum absolute atomic E-state index is 11.3. The van der Waals surface area contributed by atoms with Crippen molar-refractivity contribution in [2.75, 3.05) is 7.11 Å².